The number of rotatable bonds is 8. The van der Waals surface area contributed by atoms with E-state index in [4.69, 9.17) is 10.8 Å². The maximum Gasteiger partial charge on any atom is 0.303 e. The predicted octanol–water partition coefficient (Wildman–Crippen LogP) is 3.70. The van der Waals surface area contributed by atoms with E-state index in [0.717, 1.165) is 17.0 Å². The van der Waals surface area contributed by atoms with Crippen molar-refractivity contribution < 1.29 is 23.5 Å². The summed E-state index contributed by atoms with van der Waals surface area (Å²) in [6.07, 6.45) is 0.952. The number of hydrogen-bond acceptors (Lipinski definition) is 4. The summed E-state index contributed by atoms with van der Waals surface area (Å²) in [6, 6.07) is 6.26. The molecule has 0 aliphatic rings. The molecule has 25 heavy (non-hydrogen) atoms. The summed E-state index contributed by atoms with van der Waals surface area (Å²) in [6.45, 7) is 0. The summed E-state index contributed by atoms with van der Waals surface area (Å²) in [5, 5.41) is 9.19. The van der Waals surface area contributed by atoms with Crippen molar-refractivity contribution in [2.45, 2.75) is 25.7 Å². The molecule has 0 atom stereocenters. The lowest BCUT2D eigenvalue weighted by molar-refractivity contribution is -0.137. The zero-order valence-electron chi connectivity index (χ0n) is 13.2. The van der Waals surface area contributed by atoms with Crippen molar-refractivity contribution >= 4 is 33.9 Å². The van der Waals surface area contributed by atoms with Crippen LogP contribution >= 0.6 is 11.3 Å². The number of halogens is 2. The molecule has 0 bridgehead atoms. The summed E-state index contributed by atoms with van der Waals surface area (Å²) < 4.78 is 26.4. The Bertz CT molecular complexity index is 818. The van der Waals surface area contributed by atoms with Crippen molar-refractivity contribution in [2.24, 2.45) is 10.7 Å². The molecule has 2 aromatic rings. The van der Waals surface area contributed by atoms with Gasteiger partial charge in [-0.1, -0.05) is 0 Å². The zero-order valence-corrected chi connectivity index (χ0v) is 14.0. The standard InChI is InChI=1S/C17H16F2N2O3S/c18-10-4-6-12(13(19)8-10)14(22)9-15(20)21-16-7-5-11(25-16)2-1-3-17(23)24/h4-8H,1-3,9H2,(H2,20,21)(H,23,24). The van der Waals surface area contributed by atoms with E-state index in [1.54, 1.807) is 6.07 Å². The molecular weight excluding hydrogens is 350 g/mol. The molecule has 132 valence electrons. The quantitative estimate of drug-likeness (QED) is 0.423. The molecule has 8 heteroatoms. The van der Waals surface area contributed by atoms with E-state index in [9.17, 15) is 18.4 Å². The van der Waals surface area contributed by atoms with Gasteiger partial charge in [-0.05, 0) is 37.1 Å². The van der Waals surface area contributed by atoms with E-state index in [2.05, 4.69) is 4.99 Å². The summed E-state index contributed by atoms with van der Waals surface area (Å²) in [7, 11) is 0. The Labute approximate surface area is 146 Å². The number of carbonyl (C=O) groups is 2. The summed E-state index contributed by atoms with van der Waals surface area (Å²) >= 11 is 1.35. The molecule has 1 aromatic heterocycles. The Hall–Kier alpha value is -2.61. The van der Waals surface area contributed by atoms with E-state index >= 15 is 0 Å². The Balaban J connectivity index is 1.98. The van der Waals surface area contributed by atoms with E-state index in [-0.39, 0.29) is 24.2 Å². The highest BCUT2D eigenvalue weighted by molar-refractivity contribution is 7.15. The molecule has 0 radical (unpaired) electrons. The van der Waals surface area contributed by atoms with Gasteiger partial charge in [0.15, 0.2) is 5.78 Å². The Morgan fingerprint density at radius 3 is 2.64 bits per heavy atom. The number of carboxylic acids is 1. The third-order valence-corrected chi connectivity index (χ3v) is 4.33. The number of amidine groups is 1. The molecule has 1 heterocycles. The SMILES string of the molecule is NC(CC(=O)c1ccc(F)cc1F)=Nc1ccc(CCCC(=O)O)s1. The van der Waals surface area contributed by atoms with Gasteiger partial charge >= 0.3 is 5.97 Å². The van der Waals surface area contributed by atoms with Crippen molar-refractivity contribution in [2.75, 3.05) is 0 Å². The highest BCUT2D eigenvalue weighted by atomic mass is 32.1. The molecule has 0 saturated heterocycles. The maximum absolute atomic E-state index is 13.6. The van der Waals surface area contributed by atoms with Crippen LogP contribution in [0.15, 0.2) is 35.3 Å². The van der Waals surface area contributed by atoms with Gasteiger partial charge in [-0.2, -0.15) is 0 Å². The first-order valence-corrected chi connectivity index (χ1v) is 8.28. The van der Waals surface area contributed by atoms with Gasteiger partial charge in [0.1, 0.15) is 22.5 Å². The average molecular weight is 366 g/mol. The second-order valence-corrected chi connectivity index (χ2v) is 6.46. The number of thiophene rings is 1. The number of hydrogen-bond donors (Lipinski definition) is 2. The fourth-order valence-corrected chi connectivity index (χ4v) is 3.08. The number of aliphatic carboxylic acids is 1. The second kappa shape index (κ2) is 8.48. The number of carboxylic acid groups (broad SMARTS) is 1. The minimum atomic E-state index is -0.936. The number of aliphatic imine (C=N–C) groups is 1. The third-order valence-electron chi connectivity index (χ3n) is 3.29. The lowest BCUT2D eigenvalue weighted by atomic mass is 10.1. The summed E-state index contributed by atoms with van der Waals surface area (Å²) in [5.41, 5.74) is 5.50. The first-order chi connectivity index (χ1) is 11.8. The van der Waals surface area contributed by atoms with Crippen molar-refractivity contribution in [3.05, 3.63) is 52.4 Å². The van der Waals surface area contributed by atoms with Crippen LogP contribution in [0.5, 0.6) is 0 Å². The largest absolute Gasteiger partial charge is 0.481 e. The molecule has 1 aromatic carbocycles. The van der Waals surface area contributed by atoms with Gasteiger partial charge < -0.3 is 10.8 Å². The van der Waals surface area contributed by atoms with Gasteiger partial charge in [-0.3, -0.25) is 9.59 Å². The number of nitrogens with two attached hydrogens (primary N) is 1. The van der Waals surface area contributed by atoms with Crippen LogP contribution in [-0.4, -0.2) is 22.7 Å². The van der Waals surface area contributed by atoms with E-state index in [0.29, 0.717) is 23.9 Å². The highest BCUT2D eigenvalue weighted by Crippen LogP contribution is 2.26. The van der Waals surface area contributed by atoms with Gasteiger partial charge in [0, 0.05) is 17.4 Å². The topological polar surface area (TPSA) is 92.8 Å². The fourth-order valence-electron chi connectivity index (χ4n) is 2.13. The molecule has 2 rings (SSSR count). The third kappa shape index (κ3) is 5.75. The maximum atomic E-state index is 13.6. The minimum absolute atomic E-state index is 0.0210. The molecule has 0 saturated carbocycles. The first kappa shape index (κ1) is 18.7. The van der Waals surface area contributed by atoms with Crippen molar-refractivity contribution in [3.8, 4) is 0 Å². The number of carbonyl (C=O) groups excluding carboxylic acids is 1. The lowest BCUT2D eigenvalue weighted by Crippen LogP contribution is -2.17. The predicted molar refractivity (Wildman–Crippen MR) is 91.5 cm³/mol. The molecule has 5 nitrogen and oxygen atoms in total. The molecular formula is C17H16F2N2O3S. The smallest absolute Gasteiger partial charge is 0.303 e. The zero-order chi connectivity index (χ0) is 18.4. The van der Waals surface area contributed by atoms with Gasteiger partial charge in [0.2, 0.25) is 0 Å². The minimum Gasteiger partial charge on any atom is -0.481 e. The number of Topliss-reactive ketones (excluding diaryl/α,β-unsaturated/α-hetero) is 1. The first-order valence-electron chi connectivity index (χ1n) is 7.47. The van der Waals surface area contributed by atoms with Gasteiger partial charge in [-0.25, -0.2) is 13.8 Å². The Morgan fingerprint density at radius 2 is 1.96 bits per heavy atom. The Kier molecular flexibility index (Phi) is 6.35. The van der Waals surface area contributed by atoms with Crippen LogP contribution in [-0.2, 0) is 11.2 Å². The van der Waals surface area contributed by atoms with Crippen molar-refractivity contribution in [3.63, 3.8) is 0 Å². The van der Waals surface area contributed by atoms with Crippen LogP contribution in [0.3, 0.4) is 0 Å². The Morgan fingerprint density at radius 1 is 1.20 bits per heavy atom. The summed E-state index contributed by atoms with van der Waals surface area (Å²) in [4.78, 5) is 27.6. The normalized spacial score (nSPS) is 11.5. The molecule has 0 amide bonds. The molecule has 0 aliphatic heterocycles. The molecule has 0 unspecified atom stereocenters. The molecule has 3 N–H and O–H groups in total. The van der Waals surface area contributed by atoms with Crippen LogP contribution in [0.25, 0.3) is 0 Å². The highest BCUT2D eigenvalue weighted by Gasteiger charge is 2.14. The molecule has 0 aliphatic carbocycles. The van der Waals surface area contributed by atoms with Crippen LogP contribution in [0.2, 0.25) is 0 Å². The number of benzene rings is 1. The average Bonchev–Trinajstić information content (AvgIpc) is 2.93. The van der Waals surface area contributed by atoms with E-state index in [1.165, 1.54) is 11.3 Å². The van der Waals surface area contributed by atoms with Crippen LogP contribution in [0.4, 0.5) is 13.8 Å². The van der Waals surface area contributed by atoms with Crippen molar-refractivity contribution in [1.82, 2.24) is 0 Å². The monoisotopic (exact) mass is 366 g/mol. The van der Waals surface area contributed by atoms with Gasteiger partial charge in [-0.15, -0.1) is 11.3 Å². The molecule has 0 fully saturated rings. The lowest BCUT2D eigenvalue weighted by Gasteiger charge is -2.02. The second-order valence-electron chi connectivity index (χ2n) is 5.31. The number of ketones is 1. The van der Waals surface area contributed by atoms with Gasteiger partial charge in [0.05, 0.1) is 12.0 Å². The number of aryl methyl sites for hydroxylation is 1. The molecule has 0 spiro atoms. The van der Waals surface area contributed by atoms with Crippen LogP contribution in [0.1, 0.15) is 34.5 Å². The fraction of sp³-hybridized carbons (Fsp3) is 0.235. The van der Waals surface area contributed by atoms with Crippen molar-refractivity contribution in [1.29, 1.82) is 0 Å². The van der Waals surface area contributed by atoms with E-state index in [1.807, 2.05) is 6.07 Å². The van der Waals surface area contributed by atoms with E-state index < -0.39 is 23.4 Å². The van der Waals surface area contributed by atoms with Crippen LogP contribution in [0, 0.1) is 11.6 Å². The van der Waals surface area contributed by atoms with Crippen LogP contribution < -0.4 is 5.73 Å². The number of nitrogens with zero attached hydrogens (tertiary/aromatic N) is 1. The summed E-state index contributed by atoms with van der Waals surface area (Å²) in [5.74, 6) is -3.10. The van der Waals surface area contributed by atoms with Gasteiger partial charge in [0.25, 0.3) is 0 Å².